The summed E-state index contributed by atoms with van der Waals surface area (Å²) in [6.45, 7) is 9.91. The second kappa shape index (κ2) is 11.0. The number of ether oxygens (including phenoxy) is 2. The average Bonchev–Trinajstić information content (AvgIpc) is 2.50. The Bertz CT molecular complexity index is 356. The summed E-state index contributed by atoms with van der Waals surface area (Å²) in [5.74, 6) is 0.839. The van der Waals surface area contributed by atoms with Crippen LogP contribution in [0.2, 0.25) is 0 Å². The van der Waals surface area contributed by atoms with Crippen LogP contribution in [0.4, 0.5) is 0 Å². The molecule has 1 heterocycles. The minimum Gasteiger partial charge on any atom is -0.381 e. The molecule has 0 aliphatic carbocycles. The minimum atomic E-state index is 0. The fourth-order valence-electron chi connectivity index (χ4n) is 2.59. The third kappa shape index (κ3) is 7.79. The summed E-state index contributed by atoms with van der Waals surface area (Å²) in [7, 11) is 3.57. The normalized spacial score (nSPS) is 19.7. The third-order valence-electron chi connectivity index (χ3n) is 4.34. The zero-order valence-electron chi connectivity index (χ0n) is 15.4. The summed E-state index contributed by atoms with van der Waals surface area (Å²) in [6, 6.07) is 0. The molecule has 0 aromatic rings. The molecule has 0 aromatic heterocycles. The maximum Gasteiger partial charge on any atom is 0.191 e. The second-order valence-corrected chi connectivity index (χ2v) is 8.17. The Kier molecular flexibility index (Phi) is 11.1. The first-order chi connectivity index (χ1) is 10.4. The fraction of sp³-hybridized carbons (Fsp3) is 0.938. The maximum absolute atomic E-state index is 5.58. The molecule has 0 radical (unpaired) electrons. The molecular weight excluding hydrogens is 425 g/mol. The van der Waals surface area contributed by atoms with Crippen LogP contribution < -0.4 is 10.6 Å². The predicted octanol–water partition coefficient (Wildman–Crippen LogP) is 2.74. The Morgan fingerprint density at radius 3 is 2.35 bits per heavy atom. The van der Waals surface area contributed by atoms with Crippen molar-refractivity contribution in [2.45, 2.75) is 44.5 Å². The molecule has 1 fully saturated rings. The van der Waals surface area contributed by atoms with Crippen molar-refractivity contribution >= 4 is 41.7 Å². The number of nitrogens with zero attached hydrogens (tertiary/aromatic N) is 1. The van der Waals surface area contributed by atoms with E-state index in [4.69, 9.17) is 9.47 Å². The number of hydrogen-bond donors (Lipinski definition) is 2. The highest BCUT2D eigenvalue weighted by atomic mass is 127. The zero-order valence-corrected chi connectivity index (χ0v) is 18.5. The summed E-state index contributed by atoms with van der Waals surface area (Å²) in [6.07, 6.45) is 4.49. The Labute approximate surface area is 163 Å². The molecule has 0 amide bonds. The molecule has 7 heteroatoms. The fourth-order valence-corrected chi connectivity index (χ4v) is 3.39. The van der Waals surface area contributed by atoms with Gasteiger partial charge in [-0.15, -0.1) is 24.0 Å². The zero-order chi connectivity index (χ0) is 16.6. The molecule has 1 aliphatic heterocycles. The lowest BCUT2D eigenvalue weighted by molar-refractivity contribution is 0.0205. The van der Waals surface area contributed by atoms with Crippen molar-refractivity contribution in [3.8, 4) is 0 Å². The van der Waals surface area contributed by atoms with Gasteiger partial charge in [0.25, 0.3) is 0 Å². The van der Waals surface area contributed by atoms with Crippen LogP contribution >= 0.6 is 35.7 Å². The van der Waals surface area contributed by atoms with Gasteiger partial charge >= 0.3 is 0 Å². The van der Waals surface area contributed by atoms with Gasteiger partial charge in [-0.2, -0.15) is 11.8 Å². The van der Waals surface area contributed by atoms with Gasteiger partial charge in [-0.25, -0.2) is 0 Å². The van der Waals surface area contributed by atoms with E-state index in [0.29, 0.717) is 0 Å². The molecule has 0 spiro atoms. The second-order valence-electron chi connectivity index (χ2n) is 6.90. The lowest BCUT2D eigenvalue weighted by Gasteiger charge is -2.36. The van der Waals surface area contributed by atoms with Gasteiger partial charge in [-0.3, -0.25) is 4.99 Å². The van der Waals surface area contributed by atoms with Crippen molar-refractivity contribution in [1.29, 1.82) is 0 Å². The van der Waals surface area contributed by atoms with E-state index in [1.807, 2.05) is 18.8 Å². The van der Waals surface area contributed by atoms with Crippen LogP contribution in [0.25, 0.3) is 0 Å². The van der Waals surface area contributed by atoms with Gasteiger partial charge in [0.05, 0.1) is 6.10 Å². The van der Waals surface area contributed by atoms with Gasteiger partial charge in [0.15, 0.2) is 5.96 Å². The maximum atomic E-state index is 5.58. The Morgan fingerprint density at radius 2 is 1.91 bits per heavy atom. The first kappa shape index (κ1) is 23.3. The molecule has 0 aromatic carbocycles. The van der Waals surface area contributed by atoms with E-state index < -0.39 is 0 Å². The highest BCUT2D eigenvalue weighted by Gasteiger charge is 2.32. The molecule has 2 N–H and O–H groups in total. The standard InChI is InChI=1S/C16H33N3O2S.HI/c1-15(2,3)13(20-5)11-18-14(17-4)19-12-16(22-6)7-9-21-10-8-16;/h13H,7-12H2,1-6H3,(H2,17,18,19);1H. The van der Waals surface area contributed by atoms with Crippen molar-refractivity contribution in [2.75, 3.05) is 46.7 Å². The molecule has 1 unspecified atom stereocenters. The largest absolute Gasteiger partial charge is 0.381 e. The van der Waals surface area contributed by atoms with Crippen molar-refractivity contribution in [1.82, 2.24) is 10.6 Å². The van der Waals surface area contributed by atoms with Gasteiger partial charge in [-0.1, -0.05) is 20.8 Å². The van der Waals surface area contributed by atoms with Gasteiger partial charge in [0.2, 0.25) is 0 Å². The molecular formula is C16H34IN3O2S. The number of hydrogen-bond acceptors (Lipinski definition) is 4. The van der Waals surface area contributed by atoms with E-state index in [2.05, 4.69) is 42.7 Å². The Hall–Kier alpha value is 0.270. The van der Waals surface area contributed by atoms with Gasteiger partial charge in [-0.05, 0) is 24.5 Å². The highest BCUT2D eigenvalue weighted by Crippen LogP contribution is 2.32. The van der Waals surface area contributed by atoms with Crippen LogP contribution in [0.3, 0.4) is 0 Å². The third-order valence-corrected chi connectivity index (χ3v) is 5.76. The average molecular weight is 459 g/mol. The van der Waals surface area contributed by atoms with Crippen LogP contribution in [-0.2, 0) is 9.47 Å². The number of aliphatic imine (C=N–C) groups is 1. The quantitative estimate of drug-likeness (QED) is 0.364. The Morgan fingerprint density at radius 1 is 1.30 bits per heavy atom. The van der Waals surface area contributed by atoms with Crippen molar-refractivity contribution < 1.29 is 9.47 Å². The van der Waals surface area contributed by atoms with Crippen molar-refractivity contribution in [3.05, 3.63) is 0 Å². The van der Waals surface area contributed by atoms with Gasteiger partial charge in [0, 0.05) is 45.2 Å². The number of halogens is 1. The van der Waals surface area contributed by atoms with Crippen LogP contribution in [-0.4, -0.2) is 63.5 Å². The number of rotatable bonds is 6. The molecule has 1 atom stereocenters. The number of nitrogens with one attached hydrogen (secondary N) is 2. The number of guanidine groups is 1. The van der Waals surface area contributed by atoms with Crippen LogP contribution in [0.5, 0.6) is 0 Å². The molecule has 1 rings (SSSR count). The van der Waals surface area contributed by atoms with Crippen molar-refractivity contribution in [2.24, 2.45) is 10.4 Å². The molecule has 0 saturated carbocycles. The number of thioether (sulfide) groups is 1. The molecule has 0 bridgehead atoms. The first-order valence-electron chi connectivity index (χ1n) is 7.97. The van der Waals surface area contributed by atoms with E-state index in [9.17, 15) is 0 Å². The van der Waals surface area contributed by atoms with E-state index in [0.717, 1.165) is 45.1 Å². The van der Waals surface area contributed by atoms with Crippen LogP contribution in [0, 0.1) is 5.41 Å². The summed E-state index contributed by atoms with van der Waals surface area (Å²) >= 11 is 1.93. The lowest BCUT2D eigenvalue weighted by atomic mass is 9.89. The summed E-state index contributed by atoms with van der Waals surface area (Å²) in [5.41, 5.74) is 0.0990. The summed E-state index contributed by atoms with van der Waals surface area (Å²) in [4.78, 5) is 4.32. The smallest absolute Gasteiger partial charge is 0.191 e. The van der Waals surface area contributed by atoms with Crippen LogP contribution in [0.15, 0.2) is 4.99 Å². The van der Waals surface area contributed by atoms with Crippen LogP contribution in [0.1, 0.15) is 33.6 Å². The topological polar surface area (TPSA) is 54.9 Å². The van der Waals surface area contributed by atoms with Gasteiger partial charge in [0.1, 0.15) is 0 Å². The Balaban J connectivity index is 0.00000484. The molecule has 23 heavy (non-hydrogen) atoms. The molecule has 138 valence electrons. The number of methoxy groups -OCH3 is 1. The summed E-state index contributed by atoms with van der Waals surface area (Å²) < 4.78 is 11.3. The molecule has 1 saturated heterocycles. The van der Waals surface area contributed by atoms with E-state index in [1.54, 1.807) is 7.11 Å². The molecule has 1 aliphatic rings. The van der Waals surface area contributed by atoms with E-state index in [-0.39, 0.29) is 40.2 Å². The first-order valence-corrected chi connectivity index (χ1v) is 9.19. The van der Waals surface area contributed by atoms with Gasteiger partial charge < -0.3 is 20.1 Å². The van der Waals surface area contributed by atoms with Crippen molar-refractivity contribution in [3.63, 3.8) is 0 Å². The minimum absolute atomic E-state index is 0. The monoisotopic (exact) mass is 459 g/mol. The summed E-state index contributed by atoms with van der Waals surface area (Å²) in [5, 5.41) is 6.85. The lowest BCUT2D eigenvalue weighted by Crippen LogP contribution is -2.50. The van der Waals surface area contributed by atoms with E-state index in [1.165, 1.54) is 0 Å². The predicted molar refractivity (Wildman–Crippen MR) is 111 cm³/mol. The highest BCUT2D eigenvalue weighted by molar-refractivity contribution is 14.0. The molecule has 5 nitrogen and oxygen atoms in total. The van der Waals surface area contributed by atoms with E-state index >= 15 is 0 Å². The SMILES string of the molecule is CN=C(NCC(OC)C(C)(C)C)NCC1(SC)CCOCC1.I.